The molecule has 3 aromatic rings. The Bertz CT molecular complexity index is 1170. The first kappa shape index (κ1) is 27.2. The van der Waals surface area contributed by atoms with E-state index < -0.39 is 42.6 Å². The number of hydrogen-bond donors (Lipinski definition) is 2. The first-order valence-corrected chi connectivity index (χ1v) is 12.1. The number of aromatic nitrogens is 3. The molecular formula is C26H30F4N4O3. The van der Waals surface area contributed by atoms with Gasteiger partial charge in [-0.15, -0.1) is 5.10 Å². The van der Waals surface area contributed by atoms with Crippen molar-refractivity contribution in [2.24, 2.45) is 0 Å². The van der Waals surface area contributed by atoms with Gasteiger partial charge in [0.05, 0.1) is 17.8 Å². The first-order valence-electron chi connectivity index (χ1n) is 12.1. The number of rotatable bonds is 9. The fourth-order valence-corrected chi connectivity index (χ4v) is 4.59. The van der Waals surface area contributed by atoms with Gasteiger partial charge in [-0.05, 0) is 55.6 Å². The monoisotopic (exact) mass is 522 g/mol. The third-order valence-corrected chi connectivity index (χ3v) is 6.77. The average Bonchev–Trinajstić information content (AvgIpc) is 3.35. The van der Waals surface area contributed by atoms with E-state index in [2.05, 4.69) is 10.3 Å². The van der Waals surface area contributed by atoms with Crippen LogP contribution in [0.15, 0.2) is 42.6 Å². The van der Waals surface area contributed by atoms with Crippen LogP contribution in [-0.2, 0) is 17.6 Å². The molecule has 2 heterocycles. The average molecular weight is 523 g/mol. The van der Waals surface area contributed by atoms with Crippen molar-refractivity contribution in [3.8, 4) is 11.1 Å². The van der Waals surface area contributed by atoms with Crippen LogP contribution in [0.25, 0.3) is 11.1 Å². The lowest BCUT2D eigenvalue weighted by Crippen LogP contribution is -2.54. The Balaban J connectivity index is 1.36. The Morgan fingerprint density at radius 3 is 2.43 bits per heavy atom. The maximum atomic E-state index is 13.9. The maximum Gasteiger partial charge on any atom is 0.194 e. The number of halogens is 4. The predicted molar refractivity (Wildman–Crippen MR) is 128 cm³/mol. The fraction of sp³-hybridized carbons (Fsp3) is 0.462. The van der Waals surface area contributed by atoms with Crippen LogP contribution >= 0.6 is 0 Å². The number of hydrogen-bond acceptors (Lipinski definition) is 6. The number of nitrogens with zero attached hydrogens (tertiary/aromatic N) is 4. The summed E-state index contributed by atoms with van der Waals surface area (Å²) in [5.41, 5.74) is 2.15. The molecule has 4 rings (SSSR count). The van der Waals surface area contributed by atoms with Gasteiger partial charge in [0.2, 0.25) is 0 Å². The Morgan fingerprint density at radius 2 is 1.78 bits per heavy atom. The summed E-state index contributed by atoms with van der Waals surface area (Å²) in [7, 11) is 1.85. The molecule has 1 aliphatic heterocycles. The number of aliphatic hydroxyl groups excluding tert-OH is 2. The molecule has 200 valence electrons. The molecule has 0 spiro atoms. The summed E-state index contributed by atoms with van der Waals surface area (Å²) >= 11 is 0. The molecule has 1 unspecified atom stereocenters. The van der Waals surface area contributed by atoms with Crippen LogP contribution in [0.3, 0.4) is 0 Å². The molecule has 0 bridgehead atoms. The van der Waals surface area contributed by atoms with Crippen LogP contribution in [0.1, 0.15) is 30.6 Å². The minimum Gasteiger partial charge on any atom is -0.386 e. The fourth-order valence-electron chi connectivity index (χ4n) is 4.59. The van der Waals surface area contributed by atoms with Gasteiger partial charge in [0.25, 0.3) is 0 Å². The Labute approximate surface area is 212 Å². The van der Waals surface area contributed by atoms with E-state index in [-0.39, 0.29) is 17.7 Å². The van der Waals surface area contributed by atoms with Gasteiger partial charge in [-0.3, -0.25) is 0 Å². The van der Waals surface area contributed by atoms with Crippen molar-refractivity contribution >= 4 is 0 Å². The van der Waals surface area contributed by atoms with E-state index >= 15 is 0 Å². The molecule has 0 radical (unpaired) electrons. The third kappa shape index (κ3) is 6.35. The van der Waals surface area contributed by atoms with Crippen molar-refractivity contribution in [1.29, 1.82) is 0 Å². The molecule has 0 amide bonds. The molecule has 0 saturated carbocycles. The predicted octanol–water partition coefficient (Wildman–Crippen LogP) is 3.45. The highest BCUT2D eigenvalue weighted by atomic mass is 19.2. The summed E-state index contributed by atoms with van der Waals surface area (Å²) in [6, 6.07) is 7.72. The Hall–Kier alpha value is -2.86. The molecule has 1 aliphatic rings. The molecule has 0 aliphatic carbocycles. The van der Waals surface area contributed by atoms with E-state index in [1.165, 1.54) is 4.68 Å². The standard InChI is InChI=1S/C26H30F4N4O3/c1-15-9-23(25(35)26(36)37-15)33(2)8-7-19-14-34(32-31-19)20(13-27)10-16-3-5-17(6-4-16)18-11-21(28)24(30)22(29)12-18/h3-6,11-12,14-15,20,23,25-26,35-36H,7-10,13H2,1-2H3/t15-,20+,23+,25?,26-/m1/s1. The smallest absolute Gasteiger partial charge is 0.194 e. The summed E-state index contributed by atoms with van der Waals surface area (Å²) in [5.74, 6) is -4.04. The molecule has 5 atom stereocenters. The van der Waals surface area contributed by atoms with E-state index in [0.717, 1.165) is 17.7 Å². The summed E-state index contributed by atoms with van der Waals surface area (Å²) < 4.78 is 61.0. The zero-order chi connectivity index (χ0) is 26.7. The van der Waals surface area contributed by atoms with E-state index in [1.54, 1.807) is 30.5 Å². The lowest BCUT2D eigenvalue weighted by molar-refractivity contribution is -0.231. The molecule has 1 saturated heterocycles. The zero-order valence-electron chi connectivity index (χ0n) is 20.6. The van der Waals surface area contributed by atoms with Crippen molar-refractivity contribution in [3.05, 3.63) is 71.3 Å². The van der Waals surface area contributed by atoms with Gasteiger partial charge in [-0.1, -0.05) is 29.5 Å². The van der Waals surface area contributed by atoms with Crippen molar-refractivity contribution < 1.29 is 32.5 Å². The highest BCUT2D eigenvalue weighted by Gasteiger charge is 2.37. The third-order valence-electron chi connectivity index (χ3n) is 6.77. The number of ether oxygens (including phenoxy) is 1. The van der Waals surface area contributed by atoms with E-state index in [1.807, 2.05) is 18.9 Å². The lowest BCUT2D eigenvalue weighted by Gasteiger charge is -2.40. The van der Waals surface area contributed by atoms with Crippen LogP contribution in [0.2, 0.25) is 0 Å². The van der Waals surface area contributed by atoms with Gasteiger partial charge in [-0.25, -0.2) is 22.2 Å². The Kier molecular flexibility index (Phi) is 8.58. The van der Waals surface area contributed by atoms with Crippen molar-refractivity contribution in [1.82, 2.24) is 19.9 Å². The second-order valence-electron chi connectivity index (χ2n) is 9.51. The van der Waals surface area contributed by atoms with Gasteiger partial charge in [0.15, 0.2) is 23.7 Å². The molecule has 1 fully saturated rings. The van der Waals surface area contributed by atoms with Crippen molar-refractivity contribution in [3.63, 3.8) is 0 Å². The molecular weight excluding hydrogens is 492 g/mol. The normalized spacial score (nSPS) is 22.9. The highest BCUT2D eigenvalue weighted by molar-refractivity contribution is 5.63. The summed E-state index contributed by atoms with van der Waals surface area (Å²) in [6.07, 6.45) is 0.682. The van der Waals surface area contributed by atoms with Gasteiger partial charge in [0.1, 0.15) is 12.8 Å². The topological polar surface area (TPSA) is 83.6 Å². The van der Waals surface area contributed by atoms with Gasteiger partial charge < -0.3 is 19.8 Å². The number of alkyl halides is 1. The van der Waals surface area contributed by atoms with Crippen LogP contribution in [0, 0.1) is 17.5 Å². The van der Waals surface area contributed by atoms with Crippen LogP contribution < -0.4 is 0 Å². The second-order valence-corrected chi connectivity index (χ2v) is 9.51. The van der Waals surface area contributed by atoms with E-state index in [0.29, 0.717) is 37.1 Å². The second kappa shape index (κ2) is 11.7. The Morgan fingerprint density at radius 1 is 1.11 bits per heavy atom. The molecule has 11 heteroatoms. The van der Waals surface area contributed by atoms with E-state index in [4.69, 9.17) is 4.74 Å². The summed E-state index contributed by atoms with van der Waals surface area (Å²) in [4.78, 5) is 1.94. The van der Waals surface area contributed by atoms with Crippen LogP contribution in [-0.4, -0.2) is 74.9 Å². The quantitative estimate of drug-likeness (QED) is 0.331. The molecule has 1 aromatic heterocycles. The number of benzene rings is 2. The van der Waals surface area contributed by atoms with Crippen LogP contribution in [0.4, 0.5) is 17.6 Å². The summed E-state index contributed by atoms with van der Waals surface area (Å²) in [6.45, 7) is 1.71. The molecule has 2 aromatic carbocycles. The SMILES string of the molecule is C[C@@H]1C[C@H](N(C)CCc2cn([C@H](CF)Cc3ccc(-c4cc(F)c(F)c(F)c4)cc3)nn2)C(O)[C@H](O)O1. The summed E-state index contributed by atoms with van der Waals surface area (Å²) in [5, 5.41) is 28.4. The largest absolute Gasteiger partial charge is 0.386 e. The van der Waals surface area contributed by atoms with Gasteiger partial charge >= 0.3 is 0 Å². The highest BCUT2D eigenvalue weighted by Crippen LogP contribution is 2.26. The molecule has 7 nitrogen and oxygen atoms in total. The van der Waals surface area contributed by atoms with E-state index in [9.17, 15) is 27.8 Å². The number of aliphatic hydroxyl groups is 2. The molecule has 2 N–H and O–H groups in total. The number of likely N-dealkylation sites (N-methyl/N-ethyl adjacent to an activating group) is 1. The lowest BCUT2D eigenvalue weighted by atomic mass is 9.99. The molecule has 37 heavy (non-hydrogen) atoms. The first-order chi connectivity index (χ1) is 17.7. The van der Waals surface area contributed by atoms with Crippen molar-refractivity contribution in [2.75, 3.05) is 20.3 Å². The minimum absolute atomic E-state index is 0.177. The van der Waals surface area contributed by atoms with Gasteiger partial charge in [0, 0.05) is 25.2 Å². The van der Waals surface area contributed by atoms with Crippen LogP contribution in [0.5, 0.6) is 0 Å². The van der Waals surface area contributed by atoms with Gasteiger partial charge in [-0.2, -0.15) is 0 Å². The minimum atomic E-state index is -1.51. The maximum absolute atomic E-state index is 13.9. The zero-order valence-corrected chi connectivity index (χ0v) is 20.6. The van der Waals surface area contributed by atoms with Crippen molar-refractivity contribution in [2.45, 2.75) is 56.8 Å².